The molecule has 2 heterocycles. The quantitative estimate of drug-likeness (QED) is 0.840. The highest BCUT2D eigenvalue weighted by molar-refractivity contribution is 6.74. The fraction of sp³-hybridized carbons (Fsp3) is 0.471. The Morgan fingerprint density at radius 3 is 2.71 bits per heavy atom. The third-order valence-corrected chi connectivity index (χ3v) is 9.09. The largest absolute Gasteiger partial charge is 0.493 e. The molecule has 0 amide bonds. The standard InChI is InChI=1S/C17H24N4O2Si/c1-17(2,3)24(4,5)23-9-7-14-12-20-21(16(14)22)15-10-13(11-18)6-8-19-15/h6,8,10,12,22H,7,9H2,1-5H3. The average molecular weight is 344 g/mol. The summed E-state index contributed by atoms with van der Waals surface area (Å²) < 4.78 is 7.47. The molecule has 6 nitrogen and oxygen atoms in total. The van der Waals surface area contributed by atoms with E-state index < -0.39 is 8.32 Å². The Morgan fingerprint density at radius 1 is 1.38 bits per heavy atom. The van der Waals surface area contributed by atoms with E-state index in [1.165, 1.54) is 10.9 Å². The van der Waals surface area contributed by atoms with Crippen molar-refractivity contribution in [3.63, 3.8) is 0 Å². The van der Waals surface area contributed by atoms with Crippen molar-refractivity contribution in [1.82, 2.24) is 14.8 Å². The molecule has 24 heavy (non-hydrogen) atoms. The van der Waals surface area contributed by atoms with Crippen molar-refractivity contribution >= 4 is 8.32 Å². The second-order valence-corrected chi connectivity index (χ2v) is 12.1. The maximum absolute atomic E-state index is 10.4. The van der Waals surface area contributed by atoms with E-state index >= 15 is 0 Å². The van der Waals surface area contributed by atoms with Gasteiger partial charge in [0.05, 0.1) is 17.8 Å². The van der Waals surface area contributed by atoms with Gasteiger partial charge in [0.15, 0.2) is 14.1 Å². The van der Waals surface area contributed by atoms with E-state index in [0.29, 0.717) is 30.0 Å². The van der Waals surface area contributed by atoms with E-state index in [9.17, 15) is 5.11 Å². The monoisotopic (exact) mass is 344 g/mol. The Morgan fingerprint density at radius 2 is 2.08 bits per heavy atom. The van der Waals surface area contributed by atoms with Crippen LogP contribution in [0.2, 0.25) is 18.1 Å². The van der Waals surface area contributed by atoms with Gasteiger partial charge in [-0.25, -0.2) is 4.98 Å². The summed E-state index contributed by atoms with van der Waals surface area (Å²) in [5, 5.41) is 23.7. The molecular weight excluding hydrogens is 320 g/mol. The van der Waals surface area contributed by atoms with Crippen molar-refractivity contribution in [2.45, 2.75) is 45.3 Å². The number of nitrogens with zero attached hydrogens (tertiary/aromatic N) is 4. The molecular formula is C17H24N4O2Si. The molecule has 1 N–H and O–H groups in total. The van der Waals surface area contributed by atoms with Crippen LogP contribution in [0.3, 0.4) is 0 Å². The van der Waals surface area contributed by atoms with Gasteiger partial charge in [-0.15, -0.1) is 0 Å². The number of rotatable bonds is 5. The SMILES string of the molecule is CC(C)(C)[Si](C)(C)OCCc1cnn(-c2cc(C#N)ccn2)c1O. The van der Waals surface area contributed by atoms with Gasteiger partial charge in [-0.3, -0.25) is 0 Å². The lowest BCUT2D eigenvalue weighted by atomic mass is 10.2. The molecule has 0 aromatic carbocycles. The second kappa shape index (κ2) is 6.75. The van der Waals surface area contributed by atoms with Crippen LogP contribution in [0.1, 0.15) is 31.9 Å². The number of nitriles is 1. The van der Waals surface area contributed by atoms with Gasteiger partial charge in [-0.1, -0.05) is 20.8 Å². The fourth-order valence-corrected chi connectivity index (χ4v) is 3.00. The van der Waals surface area contributed by atoms with Crippen LogP contribution in [0.4, 0.5) is 0 Å². The van der Waals surface area contributed by atoms with Gasteiger partial charge in [0, 0.05) is 30.9 Å². The topological polar surface area (TPSA) is 84.0 Å². The van der Waals surface area contributed by atoms with Crippen molar-refractivity contribution in [3.8, 4) is 17.8 Å². The van der Waals surface area contributed by atoms with Crippen molar-refractivity contribution in [1.29, 1.82) is 5.26 Å². The van der Waals surface area contributed by atoms with Crippen LogP contribution in [-0.2, 0) is 10.8 Å². The van der Waals surface area contributed by atoms with Crippen LogP contribution in [-0.4, -0.2) is 34.8 Å². The summed E-state index contributed by atoms with van der Waals surface area (Å²) in [4.78, 5) is 4.15. The number of hydrogen-bond donors (Lipinski definition) is 1. The third-order valence-electron chi connectivity index (χ3n) is 4.55. The van der Waals surface area contributed by atoms with Gasteiger partial charge in [0.25, 0.3) is 0 Å². The summed E-state index contributed by atoms with van der Waals surface area (Å²) in [7, 11) is -1.80. The molecule has 0 saturated heterocycles. The number of aromatic hydroxyl groups is 1. The van der Waals surface area contributed by atoms with Crippen molar-refractivity contribution in [3.05, 3.63) is 35.7 Å². The van der Waals surface area contributed by atoms with Crippen LogP contribution in [0.25, 0.3) is 5.82 Å². The summed E-state index contributed by atoms with van der Waals surface area (Å²) in [5.74, 6) is 0.458. The highest BCUT2D eigenvalue weighted by Gasteiger charge is 2.36. The van der Waals surface area contributed by atoms with E-state index in [-0.39, 0.29) is 10.9 Å². The lowest BCUT2D eigenvalue weighted by Crippen LogP contribution is -2.41. The molecule has 2 aromatic heterocycles. The maximum atomic E-state index is 10.4. The molecule has 0 aliphatic heterocycles. The molecule has 0 aliphatic rings. The summed E-state index contributed by atoms with van der Waals surface area (Å²) in [5.41, 5.74) is 1.18. The Hall–Kier alpha value is -2.17. The van der Waals surface area contributed by atoms with Gasteiger partial charge < -0.3 is 9.53 Å². The summed E-state index contributed by atoms with van der Waals surface area (Å²) >= 11 is 0. The van der Waals surface area contributed by atoms with E-state index in [0.717, 1.165) is 0 Å². The van der Waals surface area contributed by atoms with E-state index in [4.69, 9.17) is 9.69 Å². The minimum absolute atomic E-state index is 0.0384. The zero-order valence-corrected chi connectivity index (χ0v) is 15.9. The Labute approximate surface area is 143 Å². The normalized spacial score (nSPS) is 12.2. The van der Waals surface area contributed by atoms with Gasteiger partial charge in [0.2, 0.25) is 5.88 Å². The second-order valence-electron chi connectivity index (χ2n) is 7.28. The highest BCUT2D eigenvalue weighted by Crippen LogP contribution is 2.36. The average Bonchev–Trinajstić information content (AvgIpc) is 2.87. The smallest absolute Gasteiger partial charge is 0.218 e. The van der Waals surface area contributed by atoms with E-state index in [1.54, 1.807) is 18.3 Å². The molecule has 0 fully saturated rings. The molecule has 0 bridgehead atoms. The molecule has 128 valence electrons. The van der Waals surface area contributed by atoms with Gasteiger partial charge in [0.1, 0.15) is 0 Å². The molecule has 0 radical (unpaired) electrons. The van der Waals surface area contributed by atoms with Crippen LogP contribution >= 0.6 is 0 Å². The summed E-state index contributed by atoms with van der Waals surface area (Å²) in [6, 6.07) is 5.25. The Kier molecular flexibility index (Phi) is 5.11. The van der Waals surface area contributed by atoms with Crippen LogP contribution in [0.15, 0.2) is 24.5 Å². The first-order valence-electron chi connectivity index (χ1n) is 7.92. The molecule has 2 rings (SSSR count). The van der Waals surface area contributed by atoms with Gasteiger partial charge >= 0.3 is 0 Å². The molecule has 2 aromatic rings. The summed E-state index contributed by atoms with van der Waals surface area (Å²) in [6.07, 6.45) is 3.72. The van der Waals surface area contributed by atoms with Crippen LogP contribution in [0, 0.1) is 11.3 Å². The lowest BCUT2D eigenvalue weighted by Gasteiger charge is -2.36. The zero-order chi connectivity index (χ0) is 18.0. The van der Waals surface area contributed by atoms with Crippen molar-refractivity contribution in [2.24, 2.45) is 0 Å². The zero-order valence-electron chi connectivity index (χ0n) is 14.9. The van der Waals surface area contributed by atoms with E-state index in [1.807, 2.05) is 0 Å². The molecule has 0 unspecified atom stereocenters. The number of hydrogen-bond acceptors (Lipinski definition) is 5. The van der Waals surface area contributed by atoms with Crippen LogP contribution < -0.4 is 0 Å². The third kappa shape index (κ3) is 3.83. The number of pyridine rings is 1. The Bertz CT molecular complexity index is 757. The maximum Gasteiger partial charge on any atom is 0.218 e. The van der Waals surface area contributed by atoms with Crippen molar-refractivity contribution < 1.29 is 9.53 Å². The highest BCUT2D eigenvalue weighted by atomic mass is 28.4. The van der Waals surface area contributed by atoms with Gasteiger partial charge in [-0.2, -0.15) is 15.0 Å². The summed E-state index contributed by atoms with van der Waals surface area (Å²) in [6.45, 7) is 11.5. The minimum Gasteiger partial charge on any atom is -0.493 e. The molecule has 0 saturated carbocycles. The van der Waals surface area contributed by atoms with Gasteiger partial charge in [-0.05, 0) is 24.2 Å². The molecule has 0 spiro atoms. The minimum atomic E-state index is -1.80. The first kappa shape index (κ1) is 18.2. The van der Waals surface area contributed by atoms with E-state index in [2.05, 4.69) is 50.0 Å². The predicted molar refractivity (Wildman–Crippen MR) is 94.6 cm³/mol. The van der Waals surface area contributed by atoms with Crippen molar-refractivity contribution in [2.75, 3.05) is 6.61 Å². The predicted octanol–water partition coefficient (Wildman–Crippen LogP) is 3.41. The Balaban J connectivity index is 2.09. The first-order chi connectivity index (χ1) is 11.2. The lowest BCUT2D eigenvalue weighted by molar-refractivity contribution is 0.290. The molecule has 7 heteroatoms. The number of aromatic nitrogens is 3. The first-order valence-corrected chi connectivity index (χ1v) is 10.8. The van der Waals surface area contributed by atoms with Crippen LogP contribution in [0.5, 0.6) is 5.88 Å². The molecule has 0 atom stereocenters. The molecule has 0 aliphatic carbocycles. The fourth-order valence-electron chi connectivity index (χ4n) is 1.96.